The van der Waals surface area contributed by atoms with E-state index in [0.717, 1.165) is 11.8 Å². The first-order valence-corrected chi connectivity index (χ1v) is 9.29. The molecule has 3 N–H and O–H groups in total. The van der Waals surface area contributed by atoms with E-state index in [9.17, 15) is 14.7 Å². The molecule has 0 saturated carbocycles. The number of ether oxygens (including phenoxy) is 1. The zero-order chi connectivity index (χ0) is 21.0. The molecule has 0 aliphatic heterocycles. The molecule has 0 atom stereocenters. The molecule has 29 heavy (non-hydrogen) atoms. The van der Waals surface area contributed by atoms with Gasteiger partial charge in [-0.05, 0) is 53.7 Å². The molecule has 0 bridgehead atoms. The largest absolute Gasteiger partial charge is 0.496 e. The monoisotopic (exact) mass is 431 g/mol. The van der Waals surface area contributed by atoms with E-state index in [1.54, 1.807) is 18.2 Å². The first-order valence-electron chi connectivity index (χ1n) is 8.10. The van der Waals surface area contributed by atoms with E-state index in [-0.39, 0.29) is 15.6 Å². The van der Waals surface area contributed by atoms with Crippen molar-refractivity contribution in [3.63, 3.8) is 0 Å². The van der Waals surface area contributed by atoms with Crippen molar-refractivity contribution in [3.8, 4) is 17.1 Å². The van der Waals surface area contributed by atoms with Crippen LogP contribution < -0.4 is 4.74 Å². The minimum Gasteiger partial charge on any atom is -0.496 e. The fourth-order valence-electron chi connectivity index (χ4n) is 2.38. The number of aromatic nitrogens is 3. The molecule has 0 amide bonds. The second-order valence-electron chi connectivity index (χ2n) is 5.65. The Bertz CT molecular complexity index is 1100. The normalized spacial score (nSPS) is 11.3. The van der Waals surface area contributed by atoms with E-state index >= 15 is 0 Å². The number of H-pyrrole nitrogens is 1. The number of aromatic carboxylic acids is 1. The first-order chi connectivity index (χ1) is 13.9. The van der Waals surface area contributed by atoms with Crippen LogP contribution in [0.4, 0.5) is 0 Å². The van der Waals surface area contributed by atoms with Gasteiger partial charge in [0.1, 0.15) is 10.7 Å². The minimum absolute atomic E-state index is 0.0308. The van der Waals surface area contributed by atoms with E-state index in [4.69, 9.17) is 21.4 Å². The molecule has 0 fully saturated rings. The molecule has 0 spiro atoms. The molecule has 0 saturated heterocycles. The third-order valence-corrected chi connectivity index (χ3v) is 4.86. The van der Waals surface area contributed by atoms with Gasteiger partial charge in [0.15, 0.2) is 5.82 Å². The fourth-order valence-corrected chi connectivity index (χ4v) is 3.26. The number of halogens is 1. The molecular formula is C19H14ClN3O5S. The Kier molecular flexibility index (Phi) is 6.20. The summed E-state index contributed by atoms with van der Waals surface area (Å²) in [6.07, 6.45) is 1.41. The van der Waals surface area contributed by atoms with Crippen molar-refractivity contribution >= 4 is 41.4 Å². The summed E-state index contributed by atoms with van der Waals surface area (Å²) in [6, 6.07) is 10.9. The zero-order valence-corrected chi connectivity index (χ0v) is 16.5. The van der Waals surface area contributed by atoms with Crippen LogP contribution in [-0.2, 0) is 4.79 Å². The van der Waals surface area contributed by atoms with Gasteiger partial charge in [-0.15, -0.1) is 5.10 Å². The highest BCUT2D eigenvalue weighted by Gasteiger charge is 2.16. The van der Waals surface area contributed by atoms with Crippen LogP contribution in [0.5, 0.6) is 5.75 Å². The zero-order valence-electron chi connectivity index (χ0n) is 14.9. The van der Waals surface area contributed by atoms with Crippen LogP contribution in [0.2, 0.25) is 5.02 Å². The molecule has 0 radical (unpaired) electrons. The van der Waals surface area contributed by atoms with E-state index < -0.39 is 11.9 Å². The van der Waals surface area contributed by atoms with Gasteiger partial charge in [0.25, 0.3) is 0 Å². The number of hydrogen-bond acceptors (Lipinski definition) is 6. The molecule has 3 rings (SSSR count). The van der Waals surface area contributed by atoms with Gasteiger partial charge in [0, 0.05) is 5.02 Å². The minimum atomic E-state index is -1.16. The number of nitrogens with one attached hydrogen (secondary N) is 1. The van der Waals surface area contributed by atoms with E-state index in [1.807, 2.05) is 0 Å². The lowest BCUT2D eigenvalue weighted by molar-refractivity contribution is -0.131. The molecular weight excluding hydrogens is 418 g/mol. The Morgan fingerprint density at radius 3 is 2.52 bits per heavy atom. The van der Waals surface area contributed by atoms with Crippen LogP contribution in [-0.4, -0.2) is 44.4 Å². The van der Waals surface area contributed by atoms with Crippen LogP contribution in [0.15, 0.2) is 52.5 Å². The summed E-state index contributed by atoms with van der Waals surface area (Å²) in [4.78, 5) is 26.8. The summed E-state index contributed by atoms with van der Waals surface area (Å²) in [5, 5.41) is 25.9. The Balaban J connectivity index is 1.86. The SMILES string of the molecule is COc1ccc(Cl)cc1-c1nc(S/C(=C\c2ccc(C(=O)O)cc2)C(=O)O)n[nH]1. The summed E-state index contributed by atoms with van der Waals surface area (Å²) in [5.74, 6) is -1.31. The topological polar surface area (TPSA) is 125 Å². The molecule has 1 heterocycles. The van der Waals surface area contributed by atoms with Crippen LogP contribution in [0.25, 0.3) is 17.5 Å². The average Bonchev–Trinajstić information content (AvgIpc) is 3.16. The molecule has 0 unspecified atom stereocenters. The van der Waals surface area contributed by atoms with Gasteiger partial charge in [0.2, 0.25) is 5.16 Å². The summed E-state index contributed by atoms with van der Waals surface area (Å²) in [6.45, 7) is 0. The predicted octanol–water partition coefficient (Wildman–Crippen LogP) is 4.05. The Morgan fingerprint density at radius 2 is 1.90 bits per heavy atom. The number of carbonyl (C=O) groups is 2. The molecule has 2 aromatic carbocycles. The van der Waals surface area contributed by atoms with Crippen molar-refractivity contribution < 1.29 is 24.5 Å². The van der Waals surface area contributed by atoms with Gasteiger partial charge >= 0.3 is 11.9 Å². The van der Waals surface area contributed by atoms with E-state index in [1.165, 1.54) is 37.5 Å². The lowest BCUT2D eigenvalue weighted by Crippen LogP contribution is -1.98. The lowest BCUT2D eigenvalue weighted by atomic mass is 10.1. The second kappa shape index (κ2) is 8.80. The lowest BCUT2D eigenvalue weighted by Gasteiger charge is -2.05. The van der Waals surface area contributed by atoms with Crippen molar-refractivity contribution in [2.75, 3.05) is 7.11 Å². The predicted molar refractivity (Wildman–Crippen MR) is 108 cm³/mol. The number of carboxylic acid groups (broad SMARTS) is 2. The maximum atomic E-state index is 11.6. The second-order valence-corrected chi connectivity index (χ2v) is 7.10. The third kappa shape index (κ3) is 4.95. The number of rotatable bonds is 7. The van der Waals surface area contributed by atoms with Crippen LogP contribution in [0, 0.1) is 0 Å². The molecule has 0 aliphatic carbocycles. The van der Waals surface area contributed by atoms with Crippen molar-refractivity contribution in [2.45, 2.75) is 5.16 Å². The number of benzene rings is 2. The van der Waals surface area contributed by atoms with Gasteiger partial charge in [0.05, 0.1) is 18.2 Å². The Morgan fingerprint density at radius 1 is 1.17 bits per heavy atom. The molecule has 10 heteroatoms. The molecule has 8 nitrogen and oxygen atoms in total. The van der Waals surface area contributed by atoms with Gasteiger partial charge < -0.3 is 14.9 Å². The fraction of sp³-hybridized carbons (Fsp3) is 0.0526. The van der Waals surface area contributed by atoms with Crippen molar-refractivity contribution in [1.29, 1.82) is 0 Å². The maximum absolute atomic E-state index is 11.6. The van der Waals surface area contributed by atoms with E-state index in [2.05, 4.69) is 15.2 Å². The number of aromatic amines is 1. The molecule has 1 aromatic heterocycles. The van der Waals surface area contributed by atoms with Crippen LogP contribution in [0.1, 0.15) is 15.9 Å². The van der Waals surface area contributed by atoms with Crippen molar-refractivity contribution in [3.05, 3.63) is 63.5 Å². The molecule has 148 valence electrons. The number of hydrogen-bond donors (Lipinski definition) is 3. The van der Waals surface area contributed by atoms with Crippen molar-refractivity contribution in [2.24, 2.45) is 0 Å². The summed E-state index contributed by atoms with van der Waals surface area (Å²) < 4.78 is 5.29. The van der Waals surface area contributed by atoms with Gasteiger partial charge in [-0.2, -0.15) is 0 Å². The van der Waals surface area contributed by atoms with Crippen LogP contribution in [0.3, 0.4) is 0 Å². The number of methoxy groups -OCH3 is 1. The maximum Gasteiger partial charge on any atom is 0.342 e. The average molecular weight is 432 g/mol. The number of nitrogens with zero attached hydrogens (tertiary/aromatic N) is 2. The van der Waals surface area contributed by atoms with Crippen molar-refractivity contribution in [1.82, 2.24) is 15.2 Å². The van der Waals surface area contributed by atoms with E-state index in [0.29, 0.717) is 27.7 Å². The summed E-state index contributed by atoms with van der Waals surface area (Å²) in [7, 11) is 1.51. The first kappa shape index (κ1) is 20.4. The highest BCUT2D eigenvalue weighted by Crippen LogP contribution is 2.32. The third-order valence-electron chi connectivity index (χ3n) is 3.75. The van der Waals surface area contributed by atoms with Gasteiger partial charge in [-0.25, -0.2) is 14.6 Å². The molecule has 3 aromatic rings. The Hall–Kier alpha value is -3.30. The number of carboxylic acids is 2. The Labute approximate surface area is 174 Å². The highest BCUT2D eigenvalue weighted by molar-refractivity contribution is 8.04. The number of aliphatic carboxylic acids is 1. The van der Waals surface area contributed by atoms with Crippen LogP contribution >= 0.6 is 23.4 Å². The highest BCUT2D eigenvalue weighted by atomic mass is 35.5. The summed E-state index contributed by atoms with van der Waals surface area (Å²) in [5.41, 5.74) is 1.23. The number of thioether (sulfide) groups is 1. The standard InChI is InChI=1S/C19H14ClN3O5S/c1-28-14-7-6-12(20)9-13(14)16-21-19(23-22-16)29-15(18(26)27)8-10-2-4-11(5-3-10)17(24)25/h2-9H,1H3,(H,24,25)(H,26,27)(H,21,22,23)/b15-8-. The van der Waals surface area contributed by atoms with Gasteiger partial charge in [-0.3, -0.25) is 5.10 Å². The summed E-state index contributed by atoms with van der Waals surface area (Å²) >= 11 is 6.88. The smallest absolute Gasteiger partial charge is 0.342 e. The van der Waals surface area contributed by atoms with Gasteiger partial charge in [-0.1, -0.05) is 23.7 Å². The quantitative estimate of drug-likeness (QED) is 0.378. The molecule has 0 aliphatic rings.